The van der Waals surface area contributed by atoms with Gasteiger partial charge in [0.15, 0.2) is 11.6 Å². The van der Waals surface area contributed by atoms with E-state index in [-0.39, 0.29) is 17.4 Å². The molecule has 1 fully saturated rings. The zero-order valence-corrected chi connectivity index (χ0v) is 16.2. The van der Waals surface area contributed by atoms with Gasteiger partial charge in [0.25, 0.3) is 0 Å². The number of nitrogens with two attached hydrogens (primary N) is 1. The van der Waals surface area contributed by atoms with Crippen LogP contribution in [0.5, 0.6) is 5.75 Å². The van der Waals surface area contributed by atoms with Gasteiger partial charge in [-0.2, -0.15) is 0 Å². The number of ether oxygens (including phenoxy) is 1. The molecule has 1 aromatic carbocycles. The Bertz CT molecular complexity index is 1020. The molecule has 0 bridgehead atoms. The molecular weight excluding hydrogens is 373 g/mol. The predicted octanol–water partition coefficient (Wildman–Crippen LogP) is 3.88. The second-order valence-electron chi connectivity index (χ2n) is 7.22. The second kappa shape index (κ2) is 8.16. The third-order valence-electron chi connectivity index (χ3n) is 5.33. The average Bonchev–Trinajstić information content (AvgIpc) is 2.72. The van der Waals surface area contributed by atoms with Crippen molar-refractivity contribution in [3.05, 3.63) is 36.4 Å². The Morgan fingerprint density at radius 2 is 1.97 bits per heavy atom. The van der Waals surface area contributed by atoms with Gasteiger partial charge < -0.3 is 20.9 Å². The van der Waals surface area contributed by atoms with E-state index in [4.69, 9.17) is 10.5 Å². The molecule has 152 valence electrons. The van der Waals surface area contributed by atoms with Crippen LogP contribution in [0.1, 0.15) is 32.6 Å². The van der Waals surface area contributed by atoms with Crippen LogP contribution in [-0.2, 0) is 4.74 Å². The molecule has 7 nitrogen and oxygen atoms in total. The first-order valence-electron chi connectivity index (χ1n) is 9.84. The number of phenolic OH excluding ortho intramolecular Hbond substituents is 1. The van der Waals surface area contributed by atoms with Gasteiger partial charge in [-0.1, -0.05) is 12.1 Å². The number of nitrogens with zero attached hydrogens (tertiary/aromatic N) is 3. The number of hydrogen-bond acceptors (Lipinski definition) is 7. The first-order valence-corrected chi connectivity index (χ1v) is 9.84. The fourth-order valence-electron chi connectivity index (χ4n) is 3.83. The lowest BCUT2D eigenvalue weighted by atomic mass is 9.93. The lowest BCUT2D eigenvalue weighted by Crippen LogP contribution is -2.30. The molecule has 0 atom stereocenters. The monoisotopic (exact) mass is 397 g/mol. The number of hydrogen-bond donors (Lipinski definition) is 3. The first kappa shape index (κ1) is 19.3. The summed E-state index contributed by atoms with van der Waals surface area (Å²) >= 11 is 0. The van der Waals surface area contributed by atoms with Gasteiger partial charge >= 0.3 is 0 Å². The van der Waals surface area contributed by atoms with Crippen LogP contribution in [-0.4, -0.2) is 38.8 Å². The molecule has 3 aromatic rings. The predicted molar refractivity (Wildman–Crippen MR) is 110 cm³/mol. The molecule has 4 rings (SSSR count). The molecule has 0 saturated heterocycles. The Morgan fingerprint density at radius 1 is 1.17 bits per heavy atom. The maximum Gasteiger partial charge on any atom is 0.223 e. The van der Waals surface area contributed by atoms with Crippen molar-refractivity contribution in [2.45, 2.75) is 44.8 Å². The van der Waals surface area contributed by atoms with Crippen molar-refractivity contribution in [1.82, 2.24) is 15.0 Å². The number of benzene rings is 1. The number of phenols is 1. The fourth-order valence-corrected chi connectivity index (χ4v) is 3.83. The number of aromatic hydroxyl groups is 1. The summed E-state index contributed by atoms with van der Waals surface area (Å²) in [5.41, 5.74) is 7.13. The first-order chi connectivity index (χ1) is 14.1. The molecule has 0 spiro atoms. The Hall–Kier alpha value is -3.00. The molecule has 2 aromatic heterocycles. The van der Waals surface area contributed by atoms with Gasteiger partial charge in [0, 0.05) is 36.2 Å². The highest BCUT2D eigenvalue weighted by Crippen LogP contribution is 2.34. The minimum Gasteiger partial charge on any atom is -0.505 e. The molecule has 8 heteroatoms. The minimum absolute atomic E-state index is 0.212. The Balaban J connectivity index is 1.65. The molecule has 1 saturated carbocycles. The van der Waals surface area contributed by atoms with Crippen molar-refractivity contribution in [2.24, 2.45) is 0 Å². The van der Waals surface area contributed by atoms with E-state index in [0.717, 1.165) is 32.3 Å². The lowest BCUT2D eigenvalue weighted by molar-refractivity contribution is 0.0346. The Labute approximate surface area is 168 Å². The van der Waals surface area contributed by atoms with Crippen LogP contribution in [0.15, 0.2) is 30.6 Å². The van der Waals surface area contributed by atoms with Crippen molar-refractivity contribution in [3.63, 3.8) is 0 Å². The summed E-state index contributed by atoms with van der Waals surface area (Å²) in [5, 5.41) is 13.7. The molecule has 1 aliphatic rings. The van der Waals surface area contributed by atoms with Gasteiger partial charge in [-0.3, -0.25) is 0 Å². The van der Waals surface area contributed by atoms with Crippen LogP contribution in [0.25, 0.3) is 22.0 Å². The number of nitrogens with one attached hydrogen (secondary N) is 1. The van der Waals surface area contributed by atoms with E-state index in [1.165, 1.54) is 12.3 Å². The Kier molecular flexibility index (Phi) is 5.44. The van der Waals surface area contributed by atoms with Gasteiger partial charge in [-0.05, 0) is 38.7 Å². The number of rotatable bonds is 5. The fraction of sp³-hybridized carbons (Fsp3) is 0.381. The summed E-state index contributed by atoms with van der Waals surface area (Å²) in [6.07, 6.45) is 7.33. The number of pyridine rings is 1. The number of nitrogen functional groups attached to an aromatic ring is 1. The van der Waals surface area contributed by atoms with E-state index in [1.54, 1.807) is 18.3 Å². The van der Waals surface area contributed by atoms with Crippen molar-refractivity contribution in [3.8, 4) is 16.9 Å². The van der Waals surface area contributed by atoms with Crippen molar-refractivity contribution in [2.75, 3.05) is 17.7 Å². The van der Waals surface area contributed by atoms with E-state index in [0.29, 0.717) is 28.5 Å². The number of aromatic nitrogens is 3. The molecule has 4 N–H and O–H groups in total. The second-order valence-corrected chi connectivity index (χ2v) is 7.22. The highest BCUT2D eigenvalue weighted by Gasteiger charge is 2.22. The third kappa shape index (κ3) is 3.93. The highest BCUT2D eigenvalue weighted by molar-refractivity contribution is 5.98. The largest absolute Gasteiger partial charge is 0.505 e. The van der Waals surface area contributed by atoms with Gasteiger partial charge in [-0.15, -0.1) is 0 Å². The summed E-state index contributed by atoms with van der Waals surface area (Å²) in [6, 6.07) is 4.70. The molecule has 0 amide bonds. The van der Waals surface area contributed by atoms with Crippen LogP contribution < -0.4 is 11.1 Å². The quantitative estimate of drug-likeness (QED) is 0.600. The molecule has 0 radical (unpaired) electrons. The van der Waals surface area contributed by atoms with Gasteiger partial charge in [0.1, 0.15) is 5.82 Å². The highest BCUT2D eigenvalue weighted by atomic mass is 19.1. The van der Waals surface area contributed by atoms with E-state index in [1.807, 2.05) is 6.92 Å². The third-order valence-corrected chi connectivity index (χ3v) is 5.33. The van der Waals surface area contributed by atoms with Crippen molar-refractivity contribution < 1.29 is 14.2 Å². The SMILES string of the molecule is CCOC1CCC(Nc2ncc3c(N)ncc(-c4cccc(O)c4F)c3n2)CC1. The summed E-state index contributed by atoms with van der Waals surface area (Å²) in [7, 11) is 0. The van der Waals surface area contributed by atoms with Crippen LogP contribution in [0.2, 0.25) is 0 Å². The van der Waals surface area contributed by atoms with Crippen molar-refractivity contribution >= 4 is 22.7 Å². The maximum atomic E-state index is 14.5. The number of halogens is 1. The normalized spacial score (nSPS) is 19.4. The van der Waals surface area contributed by atoms with Crippen LogP contribution in [0.4, 0.5) is 16.2 Å². The summed E-state index contributed by atoms with van der Waals surface area (Å²) in [6.45, 7) is 2.75. The zero-order valence-electron chi connectivity index (χ0n) is 16.2. The summed E-state index contributed by atoms with van der Waals surface area (Å²) in [5.74, 6) is -0.411. The molecule has 0 unspecified atom stereocenters. The van der Waals surface area contributed by atoms with E-state index in [9.17, 15) is 9.50 Å². The maximum absolute atomic E-state index is 14.5. The summed E-state index contributed by atoms with van der Waals surface area (Å²) < 4.78 is 20.2. The molecular formula is C21H24FN5O2. The van der Waals surface area contributed by atoms with E-state index in [2.05, 4.69) is 20.3 Å². The minimum atomic E-state index is -0.720. The van der Waals surface area contributed by atoms with E-state index < -0.39 is 11.6 Å². The van der Waals surface area contributed by atoms with Gasteiger partial charge in [0.2, 0.25) is 5.95 Å². The summed E-state index contributed by atoms with van der Waals surface area (Å²) in [4.78, 5) is 13.1. The molecule has 0 aliphatic heterocycles. The van der Waals surface area contributed by atoms with Crippen LogP contribution in [0, 0.1) is 5.82 Å². The van der Waals surface area contributed by atoms with Gasteiger partial charge in [-0.25, -0.2) is 19.3 Å². The van der Waals surface area contributed by atoms with Gasteiger partial charge in [0.05, 0.1) is 17.0 Å². The van der Waals surface area contributed by atoms with E-state index >= 15 is 0 Å². The lowest BCUT2D eigenvalue weighted by Gasteiger charge is -2.28. The number of anilines is 2. The molecule has 29 heavy (non-hydrogen) atoms. The standard InChI is InChI=1S/C21H24FN5O2/c1-2-29-13-8-6-12(7-9-13)26-21-25-11-16-19(27-21)15(10-24-20(16)23)14-4-3-5-17(28)18(14)22/h3-5,10-13,28H,2,6-9H2,1H3,(H2,23,24)(H,25,26,27). The smallest absolute Gasteiger partial charge is 0.223 e. The molecule has 2 heterocycles. The Morgan fingerprint density at radius 3 is 2.72 bits per heavy atom. The average molecular weight is 397 g/mol. The molecule has 1 aliphatic carbocycles. The zero-order chi connectivity index (χ0) is 20.4. The topological polar surface area (TPSA) is 106 Å². The van der Waals surface area contributed by atoms with Crippen LogP contribution in [0.3, 0.4) is 0 Å². The van der Waals surface area contributed by atoms with Crippen LogP contribution >= 0.6 is 0 Å². The number of fused-ring (bicyclic) bond motifs is 1. The van der Waals surface area contributed by atoms with Crippen molar-refractivity contribution in [1.29, 1.82) is 0 Å².